The standard InChI is InChI=1S/C8H18O2.C6H14O2/c1-6(2)7(10)8(3,4)5-9;1-3-6(8)5(2)4-7/h6-7,9-10H,5H2,1-4H3;5-8H,3-4H2,1-2H3. The summed E-state index contributed by atoms with van der Waals surface area (Å²) in [4.78, 5) is 0. The van der Waals surface area contributed by atoms with Gasteiger partial charge in [0, 0.05) is 17.9 Å². The van der Waals surface area contributed by atoms with E-state index in [4.69, 9.17) is 15.3 Å². The Kier molecular flexibility index (Phi) is 10.9. The van der Waals surface area contributed by atoms with E-state index in [0.717, 1.165) is 6.42 Å². The van der Waals surface area contributed by atoms with Crippen LogP contribution in [0.25, 0.3) is 0 Å². The van der Waals surface area contributed by atoms with Gasteiger partial charge in [0.2, 0.25) is 0 Å². The molecular formula is C14H32O4. The second-order valence-electron chi connectivity index (χ2n) is 5.97. The van der Waals surface area contributed by atoms with Gasteiger partial charge in [-0.15, -0.1) is 0 Å². The summed E-state index contributed by atoms with van der Waals surface area (Å²) in [7, 11) is 0. The monoisotopic (exact) mass is 264 g/mol. The highest BCUT2D eigenvalue weighted by molar-refractivity contribution is 4.78. The molecule has 0 saturated carbocycles. The molecule has 4 N–H and O–H groups in total. The first-order chi connectivity index (χ1) is 8.13. The van der Waals surface area contributed by atoms with E-state index >= 15 is 0 Å². The molecular weight excluding hydrogens is 232 g/mol. The van der Waals surface area contributed by atoms with Gasteiger partial charge in [0.1, 0.15) is 0 Å². The summed E-state index contributed by atoms with van der Waals surface area (Å²) in [6.07, 6.45) is -0.0284. The van der Waals surface area contributed by atoms with Gasteiger partial charge in [0.05, 0.1) is 18.8 Å². The summed E-state index contributed by atoms with van der Waals surface area (Å²) >= 11 is 0. The van der Waals surface area contributed by atoms with Crippen LogP contribution in [0.5, 0.6) is 0 Å². The normalized spacial score (nSPS) is 16.8. The predicted octanol–water partition coefficient (Wildman–Crippen LogP) is 1.41. The lowest BCUT2D eigenvalue weighted by Gasteiger charge is -2.30. The molecule has 0 amide bonds. The minimum Gasteiger partial charge on any atom is -0.396 e. The highest BCUT2D eigenvalue weighted by Gasteiger charge is 2.28. The van der Waals surface area contributed by atoms with Gasteiger partial charge in [-0.1, -0.05) is 41.5 Å². The Morgan fingerprint density at radius 3 is 1.56 bits per heavy atom. The lowest BCUT2D eigenvalue weighted by atomic mass is 9.82. The van der Waals surface area contributed by atoms with E-state index in [1.54, 1.807) is 0 Å². The Bertz CT molecular complexity index is 184. The number of aliphatic hydroxyl groups excluding tert-OH is 4. The van der Waals surface area contributed by atoms with Crippen LogP contribution >= 0.6 is 0 Å². The largest absolute Gasteiger partial charge is 0.396 e. The van der Waals surface area contributed by atoms with E-state index in [2.05, 4.69) is 0 Å². The molecule has 0 fully saturated rings. The average Bonchev–Trinajstić information content (AvgIpc) is 2.36. The van der Waals surface area contributed by atoms with Crippen molar-refractivity contribution in [1.82, 2.24) is 0 Å². The first-order valence-corrected chi connectivity index (χ1v) is 6.71. The number of aliphatic hydroxyl groups is 4. The van der Waals surface area contributed by atoms with Crippen molar-refractivity contribution in [3.8, 4) is 0 Å². The van der Waals surface area contributed by atoms with Crippen LogP contribution in [0.15, 0.2) is 0 Å². The Morgan fingerprint density at radius 2 is 1.44 bits per heavy atom. The number of rotatable bonds is 6. The molecule has 0 aliphatic rings. The van der Waals surface area contributed by atoms with Crippen LogP contribution in [-0.2, 0) is 0 Å². The van der Waals surface area contributed by atoms with E-state index in [9.17, 15) is 5.11 Å². The van der Waals surface area contributed by atoms with Gasteiger partial charge < -0.3 is 20.4 Å². The lowest BCUT2D eigenvalue weighted by molar-refractivity contribution is -0.0204. The third-order valence-corrected chi connectivity index (χ3v) is 3.20. The van der Waals surface area contributed by atoms with Crippen molar-refractivity contribution in [3.63, 3.8) is 0 Å². The zero-order valence-corrected chi connectivity index (χ0v) is 12.7. The third-order valence-electron chi connectivity index (χ3n) is 3.20. The van der Waals surface area contributed by atoms with Gasteiger partial charge in [0.15, 0.2) is 0 Å². The molecule has 4 nitrogen and oxygen atoms in total. The van der Waals surface area contributed by atoms with Crippen LogP contribution < -0.4 is 0 Å². The van der Waals surface area contributed by atoms with E-state index in [0.29, 0.717) is 0 Å². The Morgan fingerprint density at radius 1 is 1.00 bits per heavy atom. The van der Waals surface area contributed by atoms with Crippen molar-refractivity contribution < 1.29 is 20.4 Å². The molecule has 0 aliphatic heterocycles. The summed E-state index contributed by atoms with van der Waals surface area (Å²) in [5.41, 5.74) is -0.367. The van der Waals surface area contributed by atoms with Gasteiger partial charge in [-0.3, -0.25) is 0 Å². The topological polar surface area (TPSA) is 80.9 Å². The Labute approximate surface area is 112 Å². The molecule has 0 aliphatic carbocycles. The molecule has 0 spiro atoms. The second-order valence-corrected chi connectivity index (χ2v) is 5.97. The molecule has 0 rings (SSSR count). The summed E-state index contributed by atoms with van der Waals surface area (Å²) in [6, 6.07) is 0. The predicted molar refractivity (Wildman–Crippen MR) is 74.3 cm³/mol. The fraction of sp³-hybridized carbons (Fsp3) is 1.00. The van der Waals surface area contributed by atoms with Crippen LogP contribution in [0.4, 0.5) is 0 Å². The smallest absolute Gasteiger partial charge is 0.0635 e. The van der Waals surface area contributed by atoms with E-state index in [1.165, 1.54) is 0 Å². The van der Waals surface area contributed by atoms with Gasteiger partial charge in [-0.2, -0.15) is 0 Å². The number of hydrogen-bond acceptors (Lipinski definition) is 4. The minimum atomic E-state index is -0.419. The first-order valence-electron chi connectivity index (χ1n) is 6.71. The van der Waals surface area contributed by atoms with Crippen LogP contribution in [0.2, 0.25) is 0 Å². The minimum absolute atomic E-state index is 0.0278. The first kappa shape index (κ1) is 20.2. The quantitative estimate of drug-likeness (QED) is 0.585. The molecule has 4 heteroatoms. The summed E-state index contributed by atoms with van der Waals surface area (Å²) in [5, 5.41) is 35.8. The summed E-state index contributed by atoms with van der Waals surface area (Å²) < 4.78 is 0. The van der Waals surface area contributed by atoms with Crippen LogP contribution in [0.3, 0.4) is 0 Å². The van der Waals surface area contributed by atoms with Crippen LogP contribution in [-0.4, -0.2) is 45.8 Å². The molecule has 0 aromatic carbocycles. The van der Waals surface area contributed by atoms with Gasteiger partial charge in [-0.25, -0.2) is 0 Å². The van der Waals surface area contributed by atoms with Crippen molar-refractivity contribution in [2.75, 3.05) is 13.2 Å². The molecule has 0 heterocycles. The molecule has 0 aromatic heterocycles. The van der Waals surface area contributed by atoms with E-state index in [-0.39, 0.29) is 36.6 Å². The maximum absolute atomic E-state index is 9.49. The van der Waals surface area contributed by atoms with Crippen molar-refractivity contribution in [2.45, 2.75) is 60.2 Å². The maximum atomic E-state index is 9.49. The summed E-state index contributed by atoms with van der Waals surface area (Å²) in [6.45, 7) is 11.5. The molecule has 3 unspecified atom stereocenters. The van der Waals surface area contributed by atoms with Crippen molar-refractivity contribution in [2.24, 2.45) is 17.3 Å². The summed E-state index contributed by atoms with van der Waals surface area (Å²) in [5.74, 6) is 0.238. The molecule has 0 aromatic rings. The van der Waals surface area contributed by atoms with Crippen LogP contribution in [0, 0.1) is 17.3 Å². The highest BCUT2D eigenvalue weighted by Crippen LogP contribution is 2.24. The molecule has 3 atom stereocenters. The Hall–Kier alpha value is -0.160. The molecule has 112 valence electrons. The molecule has 0 radical (unpaired) electrons. The molecule has 0 bridgehead atoms. The van der Waals surface area contributed by atoms with Crippen molar-refractivity contribution in [1.29, 1.82) is 0 Å². The van der Waals surface area contributed by atoms with Crippen LogP contribution in [0.1, 0.15) is 48.0 Å². The highest BCUT2D eigenvalue weighted by atomic mass is 16.3. The van der Waals surface area contributed by atoms with E-state index in [1.807, 2.05) is 41.5 Å². The fourth-order valence-corrected chi connectivity index (χ4v) is 1.52. The molecule has 18 heavy (non-hydrogen) atoms. The lowest BCUT2D eigenvalue weighted by Crippen LogP contribution is -2.36. The number of hydrogen-bond donors (Lipinski definition) is 4. The SMILES string of the molecule is CC(C)C(O)C(C)(C)CO.CCC(O)C(C)CO. The third kappa shape index (κ3) is 8.03. The van der Waals surface area contributed by atoms with Gasteiger partial charge in [0.25, 0.3) is 0 Å². The zero-order chi connectivity index (χ0) is 14.9. The molecule has 0 saturated heterocycles. The maximum Gasteiger partial charge on any atom is 0.0635 e. The zero-order valence-electron chi connectivity index (χ0n) is 12.7. The fourth-order valence-electron chi connectivity index (χ4n) is 1.52. The van der Waals surface area contributed by atoms with Gasteiger partial charge in [-0.05, 0) is 12.3 Å². The van der Waals surface area contributed by atoms with Crippen molar-refractivity contribution >= 4 is 0 Å². The Balaban J connectivity index is 0. The van der Waals surface area contributed by atoms with E-state index < -0.39 is 6.10 Å². The second kappa shape index (κ2) is 9.73. The van der Waals surface area contributed by atoms with Crippen molar-refractivity contribution in [3.05, 3.63) is 0 Å². The van der Waals surface area contributed by atoms with Gasteiger partial charge >= 0.3 is 0 Å². The average molecular weight is 264 g/mol.